The van der Waals surface area contributed by atoms with Crippen molar-refractivity contribution in [2.24, 2.45) is 0 Å². The normalized spacial score (nSPS) is 10.5. The van der Waals surface area contributed by atoms with Gasteiger partial charge in [0.2, 0.25) is 0 Å². The van der Waals surface area contributed by atoms with Gasteiger partial charge in [-0.05, 0) is 79.4 Å². The Morgan fingerprint density at radius 1 is 0.968 bits per heavy atom. The highest BCUT2D eigenvalue weighted by Gasteiger charge is 2.10. The number of carbonyl (C=O) groups excluding carboxylic acids is 1. The third-order valence-corrected chi connectivity index (χ3v) is 5.54. The SMILES string of the molecule is COc1cc(CNc2cccc(Cl)c2C)ccc1OCC(=O)Nc1ccc(C)c(C)c1. The Balaban J connectivity index is 1.59. The van der Waals surface area contributed by atoms with Crippen LogP contribution in [0.5, 0.6) is 11.5 Å². The third kappa shape index (κ3) is 5.92. The molecule has 0 spiro atoms. The number of amides is 1. The molecule has 0 fully saturated rings. The van der Waals surface area contributed by atoms with E-state index in [0.717, 1.165) is 33.1 Å². The van der Waals surface area contributed by atoms with E-state index in [1.807, 2.05) is 75.4 Å². The van der Waals surface area contributed by atoms with Gasteiger partial charge in [0.1, 0.15) is 0 Å². The molecule has 0 saturated carbocycles. The third-order valence-electron chi connectivity index (χ3n) is 5.13. The van der Waals surface area contributed by atoms with E-state index in [-0.39, 0.29) is 12.5 Å². The molecule has 3 aromatic rings. The number of hydrogen-bond acceptors (Lipinski definition) is 4. The van der Waals surface area contributed by atoms with E-state index in [1.54, 1.807) is 7.11 Å². The minimum absolute atomic E-state index is 0.109. The Hall–Kier alpha value is -3.18. The van der Waals surface area contributed by atoms with Gasteiger partial charge in [0.15, 0.2) is 18.1 Å². The van der Waals surface area contributed by atoms with Gasteiger partial charge in [0.25, 0.3) is 5.91 Å². The van der Waals surface area contributed by atoms with Gasteiger partial charge < -0.3 is 20.1 Å². The first kappa shape index (κ1) is 22.5. The summed E-state index contributed by atoms with van der Waals surface area (Å²) in [5.74, 6) is 0.856. The first-order valence-corrected chi connectivity index (χ1v) is 10.4. The Morgan fingerprint density at radius 2 is 1.77 bits per heavy atom. The van der Waals surface area contributed by atoms with E-state index in [9.17, 15) is 4.79 Å². The summed E-state index contributed by atoms with van der Waals surface area (Å²) in [6.07, 6.45) is 0. The molecule has 0 aliphatic heterocycles. The molecule has 0 unspecified atom stereocenters. The second-order valence-electron chi connectivity index (χ2n) is 7.39. The second kappa shape index (κ2) is 10.2. The summed E-state index contributed by atoms with van der Waals surface area (Å²) in [5, 5.41) is 6.96. The van der Waals surface area contributed by atoms with Gasteiger partial charge in [-0.15, -0.1) is 0 Å². The fourth-order valence-electron chi connectivity index (χ4n) is 3.10. The highest BCUT2D eigenvalue weighted by molar-refractivity contribution is 6.31. The molecule has 0 aliphatic rings. The molecule has 5 nitrogen and oxygen atoms in total. The van der Waals surface area contributed by atoms with Gasteiger partial charge in [-0.25, -0.2) is 0 Å². The van der Waals surface area contributed by atoms with Crippen molar-refractivity contribution >= 4 is 28.9 Å². The highest BCUT2D eigenvalue weighted by Crippen LogP contribution is 2.29. The fourth-order valence-corrected chi connectivity index (χ4v) is 3.27. The number of nitrogens with one attached hydrogen (secondary N) is 2. The van der Waals surface area contributed by atoms with Crippen LogP contribution in [0.25, 0.3) is 0 Å². The van der Waals surface area contributed by atoms with Crippen LogP contribution < -0.4 is 20.1 Å². The lowest BCUT2D eigenvalue weighted by molar-refractivity contribution is -0.118. The molecule has 0 heterocycles. The van der Waals surface area contributed by atoms with Crippen molar-refractivity contribution in [2.45, 2.75) is 27.3 Å². The lowest BCUT2D eigenvalue weighted by Gasteiger charge is -2.14. The average Bonchev–Trinajstić information content (AvgIpc) is 2.76. The van der Waals surface area contributed by atoms with Gasteiger partial charge in [0.05, 0.1) is 7.11 Å². The molecular weight excluding hydrogens is 412 g/mol. The molecule has 3 aromatic carbocycles. The molecule has 0 saturated heterocycles. The average molecular weight is 439 g/mol. The molecule has 0 atom stereocenters. The van der Waals surface area contributed by atoms with Gasteiger partial charge in [-0.2, -0.15) is 0 Å². The monoisotopic (exact) mass is 438 g/mol. The van der Waals surface area contributed by atoms with Crippen molar-refractivity contribution in [1.29, 1.82) is 0 Å². The Kier molecular flexibility index (Phi) is 7.42. The first-order valence-electron chi connectivity index (χ1n) is 10.0. The maximum absolute atomic E-state index is 12.3. The van der Waals surface area contributed by atoms with Gasteiger partial charge >= 0.3 is 0 Å². The lowest BCUT2D eigenvalue weighted by Crippen LogP contribution is -2.20. The number of carbonyl (C=O) groups is 1. The Bertz CT molecular complexity index is 1080. The number of hydrogen-bond donors (Lipinski definition) is 2. The smallest absolute Gasteiger partial charge is 0.262 e. The van der Waals surface area contributed by atoms with E-state index < -0.39 is 0 Å². The number of halogens is 1. The molecule has 1 amide bonds. The standard InChI is InChI=1S/C25H27ClN2O3/c1-16-8-10-20(12-17(16)2)28-25(29)15-31-23-11-9-19(13-24(23)30-4)14-27-22-7-5-6-21(26)18(22)3/h5-13,27H,14-15H2,1-4H3,(H,28,29). The predicted molar refractivity (Wildman–Crippen MR) is 127 cm³/mol. The van der Waals surface area contributed by atoms with E-state index in [1.165, 1.54) is 5.56 Å². The van der Waals surface area contributed by atoms with Crippen LogP contribution >= 0.6 is 11.6 Å². The van der Waals surface area contributed by atoms with Gasteiger partial charge in [-0.1, -0.05) is 29.8 Å². The second-order valence-corrected chi connectivity index (χ2v) is 7.79. The van der Waals surface area contributed by atoms with E-state index in [4.69, 9.17) is 21.1 Å². The van der Waals surface area contributed by atoms with Crippen molar-refractivity contribution < 1.29 is 14.3 Å². The van der Waals surface area contributed by atoms with Crippen LogP contribution in [0, 0.1) is 20.8 Å². The molecule has 0 aromatic heterocycles. The summed E-state index contributed by atoms with van der Waals surface area (Å²) in [7, 11) is 1.58. The van der Waals surface area contributed by atoms with E-state index >= 15 is 0 Å². The Labute approximate surface area is 188 Å². The van der Waals surface area contributed by atoms with Crippen LogP contribution in [0.15, 0.2) is 54.6 Å². The van der Waals surface area contributed by atoms with Crippen molar-refractivity contribution in [3.8, 4) is 11.5 Å². The lowest BCUT2D eigenvalue weighted by atomic mass is 10.1. The molecule has 2 N–H and O–H groups in total. The van der Waals surface area contributed by atoms with Crippen LogP contribution in [0.1, 0.15) is 22.3 Å². The van der Waals surface area contributed by atoms with Crippen LogP contribution in [0.3, 0.4) is 0 Å². The summed E-state index contributed by atoms with van der Waals surface area (Å²) in [6, 6.07) is 17.2. The number of anilines is 2. The summed E-state index contributed by atoms with van der Waals surface area (Å²) in [4.78, 5) is 12.3. The summed E-state index contributed by atoms with van der Waals surface area (Å²) in [6.45, 7) is 6.51. The summed E-state index contributed by atoms with van der Waals surface area (Å²) < 4.78 is 11.1. The van der Waals surface area contributed by atoms with Crippen molar-refractivity contribution in [1.82, 2.24) is 0 Å². The molecule has 162 valence electrons. The van der Waals surface area contributed by atoms with Crippen LogP contribution in [-0.4, -0.2) is 19.6 Å². The largest absolute Gasteiger partial charge is 0.493 e. The zero-order chi connectivity index (χ0) is 22.4. The summed E-state index contributed by atoms with van der Waals surface area (Å²) >= 11 is 6.18. The van der Waals surface area contributed by atoms with Crippen molar-refractivity contribution in [3.63, 3.8) is 0 Å². The molecule has 0 aliphatic carbocycles. The van der Waals surface area contributed by atoms with Gasteiger partial charge in [-0.3, -0.25) is 4.79 Å². The number of ether oxygens (including phenoxy) is 2. The minimum atomic E-state index is -0.229. The topological polar surface area (TPSA) is 59.6 Å². The quantitative estimate of drug-likeness (QED) is 0.459. The van der Waals surface area contributed by atoms with Crippen molar-refractivity contribution in [2.75, 3.05) is 24.4 Å². The number of methoxy groups -OCH3 is 1. The fraction of sp³-hybridized carbons (Fsp3) is 0.240. The van der Waals surface area contributed by atoms with Crippen molar-refractivity contribution in [3.05, 3.63) is 81.9 Å². The Morgan fingerprint density at radius 3 is 2.52 bits per heavy atom. The minimum Gasteiger partial charge on any atom is -0.493 e. The molecule has 31 heavy (non-hydrogen) atoms. The summed E-state index contributed by atoms with van der Waals surface area (Å²) in [5.41, 5.74) is 6.06. The number of rotatable bonds is 8. The number of aryl methyl sites for hydroxylation is 2. The van der Waals surface area contributed by atoms with Crippen LogP contribution in [0.2, 0.25) is 5.02 Å². The first-order chi connectivity index (χ1) is 14.9. The van der Waals surface area contributed by atoms with Crippen LogP contribution in [-0.2, 0) is 11.3 Å². The van der Waals surface area contributed by atoms with E-state index in [2.05, 4.69) is 10.6 Å². The zero-order valence-electron chi connectivity index (χ0n) is 18.2. The highest BCUT2D eigenvalue weighted by atomic mass is 35.5. The van der Waals surface area contributed by atoms with Gasteiger partial charge in [0, 0.05) is 22.9 Å². The molecule has 0 bridgehead atoms. The maximum Gasteiger partial charge on any atom is 0.262 e. The predicted octanol–water partition coefficient (Wildman–Crippen LogP) is 5.90. The zero-order valence-corrected chi connectivity index (χ0v) is 19.0. The van der Waals surface area contributed by atoms with Crippen LogP contribution in [0.4, 0.5) is 11.4 Å². The molecular formula is C25H27ClN2O3. The van der Waals surface area contributed by atoms with E-state index in [0.29, 0.717) is 18.0 Å². The molecule has 3 rings (SSSR count). The maximum atomic E-state index is 12.3. The molecule has 0 radical (unpaired) electrons. The number of benzene rings is 3. The molecule has 6 heteroatoms.